The normalized spacial score (nSPS) is 10.2. The maximum Gasteiger partial charge on any atom is 0.341 e. The molecule has 0 aromatic heterocycles. The molecule has 1 N–H and O–H groups in total. The second-order valence-electron chi connectivity index (χ2n) is 3.51. The molecule has 0 fully saturated rings. The molecule has 0 saturated carbocycles. The topological polar surface area (TPSA) is 55.8 Å². The maximum atomic E-state index is 11.6. The molecule has 2 aromatic carbocycles. The second-order valence-corrected chi connectivity index (χ2v) is 3.51. The van der Waals surface area contributed by atoms with Gasteiger partial charge < -0.3 is 14.6 Å². The molecule has 2 aromatic rings. The summed E-state index contributed by atoms with van der Waals surface area (Å²) in [6.07, 6.45) is 0. The van der Waals surface area contributed by atoms with Crippen LogP contribution >= 0.6 is 0 Å². The van der Waals surface area contributed by atoms with Crippen LogP contribution in [0.15, 0.2) is 30.3 Å². The summed E-state index contributed by atoms with van der Waals surface area (Å²) in [6, 6.07) is 8.51. The van der Waals surface area contributed by atoms with Gasteiger partial charge in [-0.05, 0) is 6.07 Å². The fourth-order valence-electron chi connectivity index (χ4n) is 1.81. The zero-order chi connectivity index (χ0) is 12.4. The third-order valence-electron chi connectivity index (χ3n) is 2.58. The van der Waals surface area contributed by atoms with Crippen LogP contribution < -0.4 is 4.74 Å². The Hall–Kier alpha value is -2.23. The van der Waals surface area contributed by atoms with Crippen LogP contribution in [-0.2, 0) is 4.74 Å². The Kier molecular flexibility index (Phi) is 2.87. The third kappa shape index (κ3) is 1.78. The quantitative estimate of drug-likeness (QED) is 0.807. The first-order valence-corrected chi connectivity index (χ1v) is 5.06. The zero-order valence-electron chi connectivity index (χ0n) is 9.56. The zero-order valence-corrected chi connectivity index (χ0v) is 9.56. The van der Waals surface area contributed by atoms with Gasteiger partial charge in [-0.15, -0.1) is 0 Å². The molecular formula is C13H12O4. The Morgan fingerprint density at radius 2 is 1.82 bits per heavy atom. The van der Waals surface area contributed by atoms with Crippen LogP contribution in [0.5, 0.6) is 11.5 Å². The minimum Gasteiger partial charge on any atom is -0.507 e. The first-order valence-electron chi connectivity index (χ1n) is 5.06. The van der Waals surface area contributed by atoms with E-state index in [2.05, 4.69) is 4.74 Å². The number of esters is 1. The van der Waals surface area contributed by atoms with E-state index in [0.29, 0.717) is 16.5 Å². The average molecular weight is 232 g/mol. The smallest absolute Gasteiger partial charge is 0.341 e. The summed E-state index contributed by atoms with van der Waals surface area (Å²) < 4.78 is 9.88. The number of methoxy groups -OCH3 is 2. The maximum absolute atomic E-state index is 11.6. The van der Waals surface area contributed by atoms with E-state index in [-0.39, 0.29) is 11.3 Å². The molecule has 0 heterocycles. The average Bonchev–Trinajstić information content (AvgIpc) is 2.38. The molecule has 88 valence electrons. The first-order chi connectivity index (χ1) is 8.19. The van der Waals surface area contributed by atoms with Crippen LogP contribution in [0.4, 0.5) is 0 Å². The SMILES string of the molecule is COC(=O)c1cc(O)c2ccccc2c1OC. The number of aromatic hydroxyl groups is 1. The lowest BCUT2D eigenvalue weighted by Gasteiger charge is -2.11. The van der Waals surface area contributed by atoms with E-state index in [1.807, 2.05) is 6.07 Å². The van der Waals surface area contributed by atoms with Gasteiger partial charge >= 0.3 is 5.97 Å². The van der Waals surface area contributed by atoms with Crippen molar-refractivity contribution in [3.63, 3.8) is 0 Å². The molecule has 0 atom stereocenters. The standard InChI is InChI=1S/C13H12O4/c1-16-12-9-6-4-3-5-8(9)11(14)7-10(12)13(15)17-2/h3-7,14H,1-2H3. The van der Waals surface area contributed by atoms with Crippen LogP contribution in [0.3, 0.4) is 0 Å². The molecule has 0 saturated heterocycles. The van der Waals surface area contributed by atoms with Gasteiger partial charge in [0.15, 0.2) is 0 Å². The van der Waals surface area contributed by atoms with Crippen molar-refractivity contribution in [2.75, 3.05) is 14.2 Å². The van der Waals surface area contributed by atoms with E-state index in [1.165, 1.54) is 20.3 Å². The van der Waals surface area contributed by atoms with E-state index in [0.717, 1.165) is 0 Å². The van der Waals surface area contributed by atoms with Crippen molar-refractivity contribution in [1.29, 1.82) is 0 Å². The van der Waals surface area contributed by atoms with E-state index < -0.39 is 5.97 Å². The number of carbonyl (C=O) groups excluding carboxylic acids is 1. The second kappa shape index (κ2) is 4.33. The predicted octanol–water partition coefficient (Wildman–Crippen LogP) is 2.34. The number of rotatable bonds is 2. The minimum absolute atomic E-state index is 0.0294. The van der Waals surface area contributed by atoms with Gasteiger partial charge in [-0.3, -0.25) is 0 Å². The highest BCUT2D eigenvalue weighted by molar-refractivity contribution is 6.03. The Morgan fingerprint density at radius 1 is 1.18 bits per heavy atom. The van der Waals surface area contributed by atoms with Crippen LogP contribution in [0, 0.1) is 0 Å². The summed E-state index contributed by atoms with van der Waals surface area (Å²) in [7, 11) is 2.76. The van der Waals surface area contributed by atoms with Crippen molar-refractivity contribution < 1.29 is 19.4 Å². The van der Waals surface area contributed by atoms with Crippen LogP contribution in [-0.4, -0.2) is 25.3 Å². The van der Waals surface area contributed by atoms with E-state index >= 15 is 0 Å². The van der Waals surface area contributed by atoms with Gasteiger partial charge in [0.25, 0.3) is 0 Å². The monoisotopic (exact) mass is 232 g/mol. The van der Waals surface area contributed by atoms with Crippen LogP contribution in [0.25, 0.3) is 10.8 Å². The van der Waals surface area contributed by atoms with Crippen molar-refractivity contribution in [3.05, 3.63) is 35.9 Å². The highest BCUT2D eigenvalue weighted by Gasteiger charge is 2.18. The molecule has 0 unspecified atom stereocenters. The van der Waals surface area contributed by atoms with E-state index in [1.54, 1.807) is 18.2 Å². The summed E-state index contributed by atoms with van der Waals surface area (Å²) in [4.78, 5) is 11.6. The number of hydrogen-bond acceptors (Lipinski definition) is 4. The van der Waals surface area contributed by atoms with E-state index in [4.69, 9.17) is 4.74 Å². The molecule has 0 aliphatic rings. The third-order valence-corrected chi connectivity index (χ3v) is 2.58. The van der Waals surface area contributed by atoms with E-state index in [9.17, 15) is 9.90 Å². The molecule has 0 radical (unpaired) electrons. The molecule has 0 aliphatic heterocycles. The highest BCUT2D eigenvalue weighted by atomic mass is 16.5. The number of phenolic OH excluding ortho intramolecular Hbond substituents is 1. The number of hydrogen-bond donors (Lipinski definition) is 1. The Morgan fingerprint density at radius 3 is 2.41 bits per heavy atom. The summed E-state index contributed by atoms with van der Waals surface area (Å²) in [5.74, 6) is -0.102. The first kappa shape index (κ1) is 11.3. The molecule has 0 bridgehead atoms. The lowest BCUT2D eigenvalue weighted by molar-refractivity contribution is 0.0597. The number of benzene rings is 2. The Bertz CT molecular complexity index is 575. The lowest BCUT2D eigenvalue weighted by atomic mass is 10.0. The highest BCUT2D eigenvalue weighted by Crippen LogP contribution is 2.36. The van der Waals surface area contributed by atoms with Gasteiger partial charge in [-0.2, -0.15) is 0 Å². The summed E-state index contributed by atoms with van der Waals surface area (Å²) in [5, 5.41) is 11.2. The molecule has 17 heavy (non-hydrogen) atoms. The molecule has 2 rings (SSSR count). The Balaban J connectivity index is 2.82. The van der Waals surface area contributed by atoms with Gasteiger partial charge in [-0.25, -0.2) is 4.79 Å². The van der Waals surface area contributed by atoms with Crippen molar-refractivity contribution >= 4 is 16.7 Å². The van der Waals surface area contributed by atoms with Gasteiger partial charge in [0.2, 0.25) is 0 Å². The van der Waals surface area contributed by atoms with Gasteiger partial charge in [0, 0.05) is 10.8 Å². The fraction of sp³-hybridized carbons (Fsp3) is 0.154. The molecule has 0 spiro atoms. The number of fused-ring (bicyclic) bond motifs is 1. The van der Waals surface area contributed by atoms with Crippen LogP contribution in [0.1, 0.15) is 10.4 Å². The van der Waals surface area contributed by atoms with Gasteiger partial charge in [-0.1, -0.05) is 24.3 Å². The lowest BCUT2D eigenvalue weighted by Crippen LogP contribution is -2.04. The molecule has 4 heteroatoms. The molecule has 4 nitrogen and oxygen atoms in total. The largest absolute Gasteiger partial charge is 0.507 e. The number of carbonyl (C=O) groups is 1. The Labute approximate surface area is 98.4 Å². The van der Waals surface area contributed by atoms with Crippen LogP contribution in [0.2, 0.25) is 0 Å². The molecule has 0 aliphatic carbocycles. The number of ether oxygens (including phenoxy) is 2. The predicted molar refractivity (Wildman–Crippen MR) is 63.5 cm³/mol. The van der Waals surface area contributed by atoms with Crippen molar-refractivity contribution in [3.8, 4) is 11.5 Å². The molecule has 0 amide bonds. The van der Waals surface area contributed by atoms with Crippen molar-refractivity contribution in [2.45, 2.75) is 0 Å². The van der Waals surface area contributed by atoms with Gasteiger partial charge in [0.1, 0.15) is 17.1 Å². The minimum atomic E-state index is -0.539. The number of phenols is 1. The summed E-state index contributed by atoms with van der Waals surface area (Å²) in [6.45, 7) is 0. The molecular weight excluding hydrogens is 220 g/mol. The van der Waals surface area contributed by atoms with Gasteiger partial charge in [0.05, 0.1) is 14.2 Å². The summed E-state index contributed by atoms with van der Waals surface area (Å²) >= 11 is 0. The summed E-state index contributed by atoms with van der Waals surface area (Å²) in [5.41, 5.74) is 0.214. The van der Waals surface area contributed by atoms with Crippen molar-refractivity contribution in [1.82, 2.24) is 0 Å². The van der Waals surface area contributed by atoms with Crippen molar-refractivity contribution in [2.24, 2.45) is 0 Å². The fourth-order valence-corrected chi connectivity index (χ4v) is 1.81.